The minimum Gasteiger partial charge on any atom is -0.487 e. The third-order valence-corrected chi connectivity index (χ3v) is 7.04. The van der Waals surface area contributed by atoms with E-state index in [4.69, 9.17) is 9.47 Å². The largest absolute Gasteiger partial charge is 0.487 e. The molecule has 0 spiro atoms. The Balaban J connectivity index is 1.27. The number of benzene rings is 2. The number of aromatic nitrogens is 1. The molecule has 34 heavy (non-hydrogen) atoms. The summed E-state index contributed by atoms with van der Waals surface area (Å²) in [4.78, 5) is 30.7. The van der Waals surface area contributed by atoms with E-state index in [1.165, 1.54) is 17.7 Å². The molecule has 5 rings (SSSR count). The van der Waals surface area contributed by atoms with Crippen molar-refractivity contribution in [3.8, 4) is 5.75 Å². The second-order valence-corrected chi connectivity index (χ2v) is 9.29. The first kappa shape index (κ1) is 22.6. The fourth-order valence-electron chi connectivity index (χ4n) is 4.87. The van der Waals surface area contributed by atoms with Crippen molar-refractivity contribution in [3.05, 3.63) is 74.8 Å². The maximum atomic E-state index is 13.5. The lowest BCUT2D eigenvalue weighted by Crippen LogP contribution is -2.37. The number of aromatic amines is 1. The molecule has 3 aromatic rings. The van der Waals surface area contributed by atoms with Crippen LogP contribution in [0.1, 0.15) is 41.6 Å². The highest BCUT2D eigenvalue weighted by Gasteiger charge is 2.25. The Morgan fingerprint density at radius 2 is 2.00 bits per heavy atom. The summed E-state index contributed by atoms with van der Waals surface area (Å²) in [6.45, 7) is 4.75. The number of nitrogens with zero attached hydrogens (tertiary/aromatic N) is 1. The quantitative estimate of drug-likeness (QED) is 0.613. The number of ether oxygens (including phenoxy) is 2. The first-order valence-electron chi connectivity index (χ1n) is 11.9. The Labute approximate surface area is 197 Å². The van der Waals surface area contributed by atoms with Gasteiger partial charge in [0.2, 0.25) is 5.91 Å². The summed E-state index contributed by atoms with van der Waals surface area (Å²) in [7, 11) is 0. The van der Waals surface area contributed by atoms with E-state index in [1.54, 1.807) is 13.0 Å². The standard InChI is InChI=1S/C27H29FN2O4/c1-17-25(29-24-5-3-21(28)14-23(24)27(17)32)16-34-22-4-2-19-6-9-30(15-20(19)13-22)26(31)12-18-7-10-33-11-8-18/h2-5,13-14,18H,6-12,15-16H2,1H3,(H,29,32). The number of carbonyl (C=O) groups is 1. The van der Waals surface area contributed by atoms with E-state index in [0.717, 1.165) is 44.6 Å². The zero-order valence-electron chi connectivity index (χ0n) is 19.4. The summed E-state index contributed by atoms with van der Waals surface area (Å²) in [5, 5.41) is 0.334. The Kier molecular flexibility index (Phi) is 6.37. The Morgan fingerprint density at radius 3 is 2.82 bits per heavy atom. The number of fused-ring (bicyclic) bond motifs is 2. The number of amides is 1. The van der Waals surface area contributed by atoms with Gasteiger partial charge >= 0.3 is 0 Å². The predicted molar refractivity (Wildman–Crippen MR) is 127 cm³/mol. The van der Waals surface area contributed by atoms with Crippen LogP contribution in [0.5, 0.6) is 5.75 Å². The molecule has 178 valence electrons. The third kappa shape index (κ3) is 4.71. The molecule has 0 atom stereocenters. The first-order chi connectivity index (χ1) is 16.5. The monoisotopic (exact) mass is 464 g/mol. The summed E-state index contributed by atoms with van der Waals surface area (Å²) < 4.78 is 25.0. The van der Waals surface area contributed by atoms with Gasteiger partial charge in [0.1, 0.15) is 18.2 Å². The van der Waals surface area contributed by atoms with Gasteiger partial charge in [0.05, 0.1) is 5.69 Å². The van der Waals surface area contributed by atoms with Gasteiger partial charge in [-0.05, 0) is 73.6 Å². The number of hydrogen-bond donors (Lipinski definition) is 1. The lowest BCUT2D eigenvalue weighted by Gasteiger charge is -2.31. The van der Waals surface area contributed by atoms with E-state index >= 15 is 0 Å². The van der Waals surface area contributed by atoms with Crippen LogP contribution in [0.2, 0.25) is 0 Å². The summed E-state index contributed by atoms with van der Waals surface area (Å²) in [6.07, 6.45) is 3.34. The molecule has 2 aliphatic rings. The first-order valence-corrected chi connectivity index (χ1v) is 11.9. The fourth-order valence-corrected chi connectivity index (χ4v) is 4.87. The average Bonchev–Trinajstić information content (AvgIpc) is 2.86. The zero-order valence-corrected chi connectivity index (χ0v) is 19.4. The molecular weight excluding hydrogens is 435 g/mol. The maximum Gasteiger partial charge on any atom is 0.223 e. The van der Waals surface area contributed by atoms with Gasteiger partial charge in [-0.3, -0.25) is 9.59 Å². The molecule has 0 unspecified atom stereocenters. The average molecular weight is 465 g/mol. The van der Waals surface area contributed by atoms with Crippen LogP contribution in [0.4, 0.5) is 4.39 Å². The van der Waals surface area contributed by atoms with E-state index in [0.29, 0.717) is 46.8 Å². The normalized spacial score (nSPS) is 16.5. The number of carbonyl (C=O) groups excluding carboxylic acids is 1. The molecule has 1 N–H and O–H groups in total. The molecule has 3 heterocycles. The third-order valence-electron chi connectivity index (χ3n) is 7.04. The van der Waals surface area contributed by atoms with Crippen LogP contribution in [0.3, 0.4) is 0 Å². The van der Waals surface area contributed by atoms with Crippen molar-refractivity contribution in [1.82, 2.24) is 9.88 Å². The maximum absolute atomic E-state index is 13.5. The second-order valence-electron chi connectivity index (χ2n) is 9.29. The molecule has 1 saturated heterocycles. The van der Waals surface area contributed by atoms with E-state index in [9.17, 15) is 14.0 Å². The van der Waals surface area contributed by atoms with Crippen molar-refractivity contribution in [3.63, 3.8) is 0 Å². The van der Waals surface area contributed by atoms with Crippen LogP contribution in [0.25, 0.3) is 10.9 Å². The smallest absolute Gasteiger partial charge is 0.223 e. The molecule has 2 aromatic carbocycles. The van der Waals surface area contributed by atoms with Crippen LogP contribution in [0.15, 0.2) is 41.2 Å². The van der Waals surface area contributed by atoms with Gasteiger partial charge in [0.15, 0.2) is 5.43 Å². The van der Waals surface area contributed by atoms with Gasteiger partial charge in [-0.15, -0.1) is 0 Å². The van der Waals surface area contributed by atoms with Crippen molar-refractivity contribution in [2.45, 2.75) is 45.8 Å². The van der Waals surface area contributed by atoms with Gasteiger partial charge in [0.25, 0.3) is 0 Å². The molecule has 1 fully saturated rings. The van der Waals surface area contributed by atoms with E-state index in [1.807, 2.05) is 17.0 Å². The second kappa shape index (κ2) is 9.58. The van der Waals surface area contributed by atoms with E-state index in [2.05, 4.69) is 11.1 Å². The SMILES string of the molecule is Cc1c(COc2ccc3c(c2)CN(C(=O)CC2CCOCC2)CC3)[nH]c2ccc(F)cc2c1=O. The minimum absolute atomic E-state index is 0.194. The van der Waals surface area contributed by atoms with Crippen LogP contribution >= 0.6 is 0 Å². The Hall–Kier alpha value is -3.19. The molecule has 2 aliphatic heterocycles. The van der Waals surface area contributed by atoms with Crippen molar-refractivity contribution in [1.29, 1.82) is 0 Å². The molecule has 7 heteroatoms. The zero-order chi connectivity index (χ0) is 23.7. The minimum atomic E-state index is -0.434. The van der Waals surface area contributed by atoms with Crippen LogP contribution in [-0.2, 0) is 29.1 Å². The molecule has 1 aromatic heterocycles. The predicted octanol–water partition coefficient (Wildman–Crippen LogP) is 4.26. The van der Waals surface area contributed by atoms with Crippen LogP contribution in [-0.4, -0.2) is 35.5 Å². The lowest BCUT2D eigenvalue weighted by molar-refractivity contribution is -0.133. The summed E-state index contributed by atoms with van der Waals surface area (Å²) >= 11 is 0. The van der Waals surface area contributed by atoms with Gasteiger partial charge in [-0.2, -0.15) is 0 Å². The number of pyridine rings is 1. The van der Waals surface area contributed by atoms with Crippen molar-refractivity contribution in [2.24, 2.45) is 5.92 Å². The number of nitrogens with one attached hydrogen (secondary N) is 1. The number of hydrogen-bond acceptors (Lipinski definition) is 4. The fraction of sp³-hybridized carbons (Fsp3) is 0.407. The number of rotatable bonds is 5. The summed E-state index contributed by atoms with van der Waals surface area (Å²) in [5.74, 6) is 0.888. The molecular formula is C27H29FN2O4. The van der Waals surface area contributed by atoms with Gasteiger partial charge in [-0.1, -0.05) is 6.07 Å². The highest BCUT2D eigenvalue weighted by atomic mass is 19.1. The topological polar surface area (TPSA) is 71.6 Å². The van der Waals surface area contributed by atoms with Gasteiger partial charge in [-0.25, -0.2) is 4.39 Å². The Bertz CT molecular complexity index is 1280. The van der Waals surface area contributed by atoms with Gasteiger partial charge in [0, 0.05) is 49.2 Å². The Morgan fingerprint density at radius 1 is 1.18 bits per heavy atom. The van der Waals surface area contributed by atoms with Gasteiger partial charge < -0.3 is 19.4 Å². The summed E-state index contributed by atoms with van der Waals surface area (Å²) in [5.41, 5.74) is 3.90. The van der Waals surface area contributed by atoms with Crippen molar-refractivity contribution < 1.29 is 18.7 Å². The highest BCUT2D eigenvalue weighted by molar-refractivity contribution is 5.79. The molecule has 1 amide bonds. The number of halogens is 1. The van der Waals surface area contributed by atoms with Crippen LogP contribution < -0.4 is 10.2 Å². The molecule has 0 saturated carbocycles. The molecule has 6 nitrogen and oxygen atoms in total. The van der Waals surface area contributed by atoms with Crippen molar-refractivity contribution in [2.75, 3.05) is 19.8 Å². The van der Waals surface area contributed by atoms with Crippen LogP contribution in [0, 0.1) is 18.7 Å². The lowest BCUT2D eigenvalue weighted by atomic mass is 9.94. The summed E-state index contributed by atoms with van der Waals surface area (Å²) in [6, 6.07) is 10.1. The van der Waals surface area contributed by atoms with E-state index < -0.39 is 5.82 Å². The highest BCUT2D eigenvalue weighted by Crippen LogP contribution is 2.27. The van der Waals surface area contributed by atoms with Crippen molar-refractivity contribution >= 4 is 16.8 Å². The molecule has 0 radical (unpaired) electrons. The molecule has 0 aliphatic carbocycles. The van der Waals surface area contributed by atoms with E-state index in [-0.39, 0.29) is 17.9 Å². The number of H-pyrrole nitrogens is 1. The molecule has 0 bridgehead atoms.